The minimum Gasteiger partial charge on any atom is -0.384 e. The summed E-state index contributed by atoms with van der Waals surface area (Å²) in [4.78, 5) is 0. The van der Waals surface area contributed by atoms with Gasteiger partial charge in [-0.05, 0) is 52.5 Å². The van der Waals surface area contributed by atoms with Crippen molar-refractivity contribution in [2.24, 2.45) is 0 Å². The summed E-state index contributed by atoms with van der Waals surface area (Å²) >= 11 is 7.03. The number of aryl methyl sites for hydroxylation is 1. The highest BCUT2D eigenvalue weighted by Crippen LogP contribution is 2.26. The first-order chi connectivity index (χ1) is 8.75. The largest absolute Gasteiger partial charge is 0.384 e. The molecule has 0 amide bonds. The molecule has 0 bridgehead atoms. The van der Waals surface area contributed by atoms with Crippen LogP contribution in [0.15, 0.2) is 57.5 Å². The van der Waals surface area contributed by atoms with Gasteiger partial charge in [0.05, 0.1) is 0 Å². The Labute approximate surface area is 125 Å². The first kappa shape index (κ1) is 13.6. The van der Waals surface area contributed by atoms with Gasteiger partial charge in [0.15, 0.2) is 0 Å². The van der Waals surface area contributed by atoms with Crippen LogP contribution in [0.1, 0.15) is 12.0 Å². The molecule has 0 unspecified atom stereocenters. The number of nitrogens with one attached hydrogen (secondary N) is 1. The molecule has 2 rings (SSSR count). The number of hydrogen-bond acceptors (Lipinski definition) is 1. The van der Waals surface area contributed by atoms with Crippen LogP contribution >= 0.6 is 31.9 Å². The molecule has 0 fully saturated rings. The van der Waals surface area contributed by atoms with E-state index in [2.05, 4.69) is 73.6 Å². The van der Waals surface area contributed by atoms with Gasteiger partial charge < -0.3 is 5.32 Å². The molecule has 0 aromatic heterocycles. The number of benzene rings is 2. The summed E-state index contributed by atoms with van der Waals surface area (Å²) < 4.78 is 2.20. The fourth-order valence-electron chi connectivity index (χ4n) is 1.79. The summed E-state index contributed by atoms with van der Waals surface area (Å²) in [5.41, 5.74) is 2.53. The maximum Gasteiger partial charge on any atom is 0.0495 e. The minimum absolute atomic E-state index is 0.976. The lowest BCUT2D eigenvalue weighted by molar-refractivity contribution is 0.862. The zero-order valence-corrected chi connectivity index (χ0v) is 13.2. The summed E-state index contributed by atoms with van der Waals surface area (Å²) in [7, 11) is 0. The van der Waals surface area contributed by atoms with Gasteiger partial charge in [-0.25, -0.2) is 0 Å². The lowest BCUT2D eigenvalue weighted by Gasteiger charge is -2.09. The minimum atomic E-state index is 0.976. The number of hydrogen-bond donors (Lipinski definition) is 1. The zero-order chi connectivity index (χ0) is 12.8. The van der Waals surface area contributed by atoms with Crippen LogP contribution < -0.4 is 5.32 Å². The molecular formula is C15H15Br2N. The Balaban J connectivity index is 1.80. The molecule has 0 spiro atoms. The Hall–Kier alpha value is -0.800. The SMILES string of the molecule is Brc1ccc(Br)c(NCCCc2ccccc2)c1. The second-order valence-corrected chi connectivity index (χ2v) is 5.91. The second kappa shape index (κ2) is 6.95. The molecule has 0 saturated heterocycles. The molecule has 94 valence electrons. The number of rotatable bonds is 5. The van der Waals surface area contributed by atoms with Crippen LogP contribution in [-0.4, -0.2) is 6.54 Å². The van der Waals surface area contributed by atoms with Gasteiger partial charge in [-0.2, -0.15) is 0 Å². The van der Waals surface area contributed by atoms with Crippen molar-refractivity contribution >= 4 is 37.5 Å². The molecule has 0 atom stereocenters. The molecule has 3 heteroatoms. The third-order valence-electron chi connectivity index (χ3n) is 2.73. The van der Waals surface area contributed by atoms with Gasteiger partial charge in [0.2, 0.25) is 0 Å². The molecule has 1 nitrogen and oxygen atoms in total. The summed E-state index contributed by atoms with van der Waals surface area (Å²) in [5, 5.41) is 3.45. The fourth-order valence-corrected chi connectivity index (χ4v) is 2.54. The highest BCUT2D eigenvalue weighted by molar-refractivity contribution is 9.11. The molecule has 0 aliphatic rings. The smallest absolute Gasteiger partial charge is 0.0495 e. The Bertz CT molecular complexity index is 497. The van der Waals surface area contributed by atoms with E-state index >= 15 is 0 Å². The zero-order valence-electron chi connectivity index (χ0n) is 10.00. The highest BCUT2D eigenvalue weighted by Gasteiger charge is 1.99. The Morgan fingerprint density at radius 1 is 0.944 bits per heavy atom. The molecule has 0 aliphatic carbocycles. The van der Waals surface area contributed by atoms with Gasteiger partial charge in [0, 0.05) is 21.2 Å². The van der Waals surface area contributed by atoms with Crippen molar-refractivity contribution in [1.29, 1.82) is 0 Å². The van der Waals surface area contributed by atoms with E-state index in [4.69, 9.17) is 0 Å². The van der Waals surface area contributed by atoms with Crippen molar-refractivity contribution in [3.8, 4) is 0 Å². The van der Waals surface area contributed by atoms with Crippen molar-refractivity contribution < 1.29 is 0 Å². The monoisotopic (exact) mass is 367 g/mol. The average Bonchev–Trinajstić information content (AvgIpc) is 2.40. The van der Waals surface area contributed by atoms with E-state index in [0.29, 0.717) is 0 Å². The molecule has 2 aromatic rings. The Morgan fingerprint density at radius 3 is 2.50 bits per heavy atom. The molecule has 0 radical (unpaired) electrons. The van der Waals surface area contributed by atoms with Crippen LogP contribution in [0.25, 0.3) is 0 Å². The van der Waals surface area contributed by atoms with Crippen molar-refractivity contribution in [2.75, 3.05) is 11.9 Å². The van der Waals surface area contributed by atoms with E-state index in [-0.39, 0.29) is 0 Å². The summed E-state index contributed by atoms with van der Waals surface area (Å²) in [6, 6.07) is 16.8. The third-order valence-corrected chi connectivity index (χ3v) is 3.91. The van der Waals surface area contributed by atoms with E-state index in [9.17, 15) is 0 Å². The van der Waals surface area contributed by atoms with E-state index in [1.54, 1.807) is 0 Å². The first-order valence-corrected chi connectivity index (χ1v) is 7.57. The predicted molar refractivity (Wildman–Crippen MR) is 85.1 cm³/mol. The van der Waals surface area contributed by atoms with E-state index in [0.717, 1.165) is 34.0 Å². The van der Waals surface area contributed by atoms with Crippen LogP contribution in [0.2, 0.25) is 0 Å². The lowest BCUT2D eigenvalue weighted by Crippen LogP contribution is -2.03. The van der Waals surface area contributed by atoms with Crippen molar-refractivity contribution in [3.63, 3.8) is 0 Å². The lowest BCUT2D eigenvalue weighted by atomic mass is 10.1. The van der Waals surface area contributed by atoms with Gasteiger partial charge in [-0.3, -0.25) is 0 Å². The molecule has 0 saturated carbocycles. The van der Waals surface area contributed by atoms with E-state index in [1.807, 2.05) is 12.1 Å². The maximum absolute atomic E-state index is 3.54. The van der Waals surface area contributed by atoms with Crippen LogP contribution in [0.5, 0.6) is 0 Å². The van der Waals surface area contributed by atoms with Crippen molar-refractivity contribution in [1.82, 2.24) is 0 Å². The fraction of sp³-hybridized carbons (Fsp3) is 0.200. The number of halogens is 2. The molecule has 2 aromatic carbocycles. The van der Waals surface area contributed by atoms with Crippen LogP contribution in [-0.2, 0) is 6.42 Å². The van der Waals surface area contributed by atoms with Gasteiger partial charge >= 0.3 is 0 Å². The van der Waals surface area contributed by atoms with E-state index < -0.39 is 0 Å². The third kappa shape index (κ3) is 4.14. The van der Waals surface area contributed by atoms with Crippen molar-refractivity contribution in [2.45, 2.75) is 12.8 Å². The highest BCUT2D eigenvalue weighted by atomic mass is 79.9. The average molecular weight is 369 g/mol. The van der Waals surface area contributed by atoms with Crippen LogP contribution in [0, 0.1) is 0 Å². The molecule has 0 heterocycles. The first-order valence-electron chi connectivity index (χ1n) is 5.98. The predicted octanol–water partition coefficient (Wildman–Crippen LogP) is 5.26. The van der Waals surface area contributed by atoms with Gasteiger partial charge in [0.25, 0.3) is 0 Å². The molecule has 0 aliphatic heterocycles. The van der Waals surface area contributed by atoms with Crippen LogP contribution in [0.3, 0.4) is 0 Å². The van der Waals surface area contributed by atoms with E-state index in [1.165, 1.54) is 5.56 Å². The second-order valence-electron chi connectivity index (χ2n) is 4.14. The van der Waals surface area contributed by atoms with Gasteiger partial charge in [0.1, 0.15) is 0 Å². The van der Waals surface area contributed by atoms with Gasteiger partial charge in [-0.1, -0.05) is 46.3 Å². The van der Waals surface area contributed by atoms with Crippen molar-refractivity contribution in [3.05, 3.63) is 63.0 Å². The standard InChI is InChI=1S/C15H15Br2N/c16-13-8-9-14(17)15(11-13)18-10-4-7-12-5-2-1-3-6-12/h1-3,5-6,8-9,11,18H,4,7,10H2. The Kier molecular flexibility index (Phi) is 5.26. The van der Waals surface area contributed by atoms with Crippen LogP contribution in [0.4, 0.5) is 5.69 Å². The number of anilines is 1. The normalized spacial score (nSPS) is 10.3. The molecule has 18 heavy (non-hydrogen) atoms. The summed E-state index contributed by atoms with van der Waals surface area (Å²) in [5.74, 6) is 0. The summed E-state index contributed by atoms with van der Waals surface area (Å²) in [6.45, 7) is 0.976. The quantitative estimate of drug-likeness (QED) is 0.710. The molecular weight excluding hydrogens is 354 g/mol. The Morgan fingerprint density at radius 2 is 1.72 bits per heavy atom. The maximum atomic E-state index is 3.54. The topological polar surface area (TPSA) is 12.0 Å². The summed E-state index contributed by atoms with van der Waals surface area (Å²) in [6.07, 6.45) is 2.24. The van der Waals surface area contributed by atoms with Gasteiger partial charge in [-0.15, -0.1) is 0 Å². The molecule has 1 N–H and O–H groups in total.